The van der Waals surface area contributed by atoms with Gasteiger partial charge in [0.05, 0.1) is 22.7 Å². The van der Waals surface area contributed by atoms with E-state index < -0.39 is 5.92 Å². The number of rotatable bonds is 4. The van der Waals surface area contributed by atoms with Crippen LogP contribution < -0.4 is 10.2 Å². The minimum atomic E-state index is -0.448. The number of anilines is 1. The van der Waals surface area contributed by atoms with Crippen LogP contribution in [-0.2, 0) is 16.1 Å². The molecule has 0 bridgehead atoms. The Kier molecular flexibility index (Phi) is 4.61. The molecular weight excluding hydrogens is 365 g/mol. The molecule has 1 aliphatic rings. The number of aromatic nitrogens is 1. The number of aryl methyl sites for hydroxylation is 1. The van der Waals surface area contributed by atoms with Crippen molar-refractivity contribution in [2.45, 2.75) is 19.9 Å². The fourth-order valence-corrected chi connectivity index (χ4v) is 4.09. The Hall–Kier alpha value is -2.80. The first-order chi connectivity index (χ1) is 13.0. The van der Waals surface area contributed by atoms with E-state index >= 15 is 0 Å². The molecule has 1 saturated heterocycles. The van der Waals surface area contributed by atoms with Crippen molar-refractivity contribution in [2.75, 3.05) is 11.4 Å². The zero-order chi connectivity index (χ0) is 19.0. The number of carbonyl (C=O) groups excluding carboxylic acids is 2. The van der Waals surface area contributed by atoms with Gasteiger partial charge in [-0.1, -0.05) is 18.2 Å². The average molecular weight is 383 g/mol. The van der Waals surface area contributed by atoms with E-state index in [-0.39, 0.29) is 30.6 Å². The molecule has 0 radical (unpaired) electrons. The van der Waals surface area contributed by atoms with E-state index in [0.29, 0.717) is 17.8 Å². The summed E-state index contributed by atoms with van der Waals surface area (Å²) >= 11 is 1.54. The van der Waals surface area contributed by atoms with Crippen LogP contribution >= 0.6 is 11.3 Å². The van der Waals surface area contributed by atoms with Gasteiger partial charge in [-0.25, -0.2) is 9.37 Å². The molecule has 1 aromatic heterocycles. The Labute approximate surface area is 159 Å². The van der Waals surface area contributed by atoms with Gasteiger partial charge < -0.3 is 10.2 Å². The molecule has 1 aliphatic heterocycles. The molecule has 2 heterocycles. The van der Waals surface area contributed by atoms with E-state index in [1.54, 1.807) is 19.1 Å². The lowest BCUT2D eigenvalue weighted by molar-refractivity contribution is -0.126. The average Bonchev–Trinajstić information content (AvgIpc) is 3.25. The molecule has 1 unspecified atom stereocenters. The number of hydrogen-bond donors (Lipinski definition) is 1. The summed E-state index contributed by atoms with van der Waals surface area (Å²) in [5.74, 6) is -1.16. The van der Waals surface area contributed by atoms with Crippen molar-refractivity contribution in [3.05, 3.63) is 58.9 Å². The third-order valence-corrected chi connectivity index (χ3v) is 5.75. The van der Waals surface area contributed by atoms with Gasteiger partial charge in [0, 0.05) is 18.7 Å². The molecule has 0 spiro atoms. The largest absolute Gasteiger partial charge is 0.349 e. The van der Waals surface area contributed by atoms with E-state index in [1.807, 2.05) is 24.3 Å². The highest BCUT2D eigenvalue weighted by molar-refractivity contribution is 7.18. The Bertz CT molecular complexity index is 1000. The normalized spacial score (nSPS) is 16.9. The zero-order valence-electron chi connectivity index (χ0n) is 14.7. The summed E-state index contributed by atoms with van der Waals surface area (Å²) < 4.78 is 14.9. The maximum atomic E-state index is 13.8. The molecule has 2 aromatic carbocycles. The summed E-state index contributed by atoms with van der Waals surface area (Å²) in [6.07, 6.45) is 0.126. The summed E-state index contributed by atoms with van der Waals surface area (Å²) in [6.45, 7) is 2.26. The van der Waals surface area contributed by atoms with E-state index in [9.17, 15) is 14.0 Å². The van der Waals surface area contributed by atoms with Crippen LogP contribution in [0.1, 0.15) is 17.0 Å². The van der Waals surface area contributed by atoms with Gasteiger partial charge in [0.25, 0.3) is 0 Å². The maximum absolute atomic E-state index is 13.8. The predicted octanol–water partition coefficient (Wildman–Crippen LogP) is 3.41. The molecule has 3 aromatic rings. The van der Waals surface area contributed by atoms with E-state index in [4.69, 9.17) is 0 Å². The first kappa shape index (κ1) is 17.6. The molecule has 7 heteroatoms. The van der Waals surface area contributed by atoms with Crippen molar-refractivity contribution in [1.29, 1.82) is 0 Å². The molecule has 1 N–H and O–H groups in total. The minimum Gasteiger partial charge on any atom is -0.349 e. The van der Waals surface area contributed by atoms with Crippen LogP contribution in [0.25, 0.3) is 10.2 Å². The highest BCUT2D eigenvalue weighted by Gasteiger charge is 2.35. The molecule has 1 fully saturated rings. The van der Waals surface area contributed by atoms with Crippen LogP contribution in [0, 0.1) is 18.7 Å². The number of nitrogens with zero attached hydrogens (tertiary/aromatic N) is 2. The maximum Gasteiger partial charge on any atom is 0.227 e. The Morgan fingerprint density at radius 2 is 2.15 bits per heavy atom. The van der Waals surface area contributed by atoms with Crippen molar-refractivity contribution in [1.82, 2.24) is 10.3 Å². The van der Waals surface area contributed by atoms with Crippen molar-refractivity contribution >= 4 is 39.1 Å². The van der Waals surface area contributed by atoms with Gasteiger partial charge in [0.2, 0.25) is 11.8 Å². The highest BCUT2D eigenvalue weighted by Crippen LogP contribution is 2.27. The molecular formula is C20H18FN3O2S. The lowest BCUT2D eigenvalue weighted by Crippen LogP contribution is -2.32. The number of carbonyl (C=O) groups is 2. The number of benzene rings is 2. The van der Waals surface area contributed by atoms with Crippen molar-refractivity contribution in [3.63, 3.8) is 0 Å². The fourth-order valence-electron chi connectivity index (χ4n) is 3.19. The first-order valence-electron chi connectivity index (χ1n) is 8.70. The third-order valence-electron chi connectivity index (χ3n) is 4.71. The molecule has 0 aliphatic carbocycles. The van der Waals surface area contributed by atoms with Gasteiger partial charge in [-0.15, -0.1) is 11.3 Å². The molecule has 0 saturated carbocycles. The van der Waals surface area contributed by atoms with Gasteiger partial charge in [-0.3, -0.25) is 9.59 Å². The number of halogens is 1. The van der Waals surface area contributed by atoms with Gasteiger partial charge >= 0.3 is 0 Å². The second-order valence-corrected chi connectivity index (χ2v) is 7.75. The molecule has 5 nitrogen and oxygen atoms in total. The highest BCUT2D eigenvalue weighted by atomic mass is 32.1. The number of fused-ring (bicyclic) bond motifs is 1. The molecule has 138 valence electrons. The summed E-state index contributed by atoms with van der Waals surface area (Å²) in [5, 5.41) is 3.70. The number of para-hydroxylation sites is 1. The van der Waals surface area contributed by atoms with Crippen molar-refractivity contribution in [2.24, 2.45) is 5.92 Å². The number of hydrogen-bond acceptors (Lipinski definition) is 4. The Morgan fingerprint density at radius 3 is 2.93 bits per heavy atom. The van der Waals surface area contributed by atoms with E-state index in [1.165, 1.54) is 22.3 Å². The van der Waals surface area contributed by atoms with Gasteiger partial charge in [0.15, 0.2) is 0 Å². The number of nitrogens with one attached hydrogen (secondary N) is 1. The smallest absolute Gasteiger partial charge is 0.227 e. The minimum absolute atomic E-state index is 0.126. The van der Waals surface area contributed by atoms with Gasteiger partial charge in [-0.05, 0) is 36.8 Å². The second kappa shape index (κ2) is 7.08. The summed E-state index contributed by atoms with van der Waals surface area (Å²) in [7, 11) is 0. The quantitative estimate of drug-likeness (QED) is 0.751. The zero-order valence-corrected chi connectivity index (χ0v) is 15.6. The van der Waals surface area contributed by atoms with Gasteiger partial charge in [0.1, 0.15) is 10.8 Å². The van der Waals surface area contributed by atoms with Crippen LogP contribution in [0.15, 0.2) is 42.5 Å². The SMILES string of the molecule is Cc1ccc(N2CC(C(=O)NCc3nc4ccccc4s3)CC2=O)cc1F. The topological polar surface area (TPSA) is 62.3 Å². The van der Waals surface area contributed by atoms with Crippen molar-refractivity contribution in [3.8, 4) is 0 Å². The van der Waals surface area contributed by atoms with Crippen LogP contribution in [0.2, 0.25) is 0 Å². The molecule has 27 heavy (non-hydrogen) atoms. The lowest BCUT2D eigenvalue weighted by Gasteiger charge is -2.17. The standard InChI is InChI=1S/C20H18FN3O2S/c1-12-6-7-14(9-15(12)21)24-11-13(8-19(24)25)20(26)22-10-18-23-16-4-2-3-5-17(16)27-18/h2-7,9,13H,8,10-11H2,1H3,(H,22,26). The summed E-state index contributed by atoms with van der Waals surface area (Å²) in [6, 6.07) is 12.5. The van der Waals surface area contributed by atoms with Crippen molar-refractivity contribution < 1.29 is 14.0 Å². The third kappa shape index (κ3) is 3.55. The molecule has 2 amide bonds. The van der Waals surface area contributed by atoms with Crippen LogP contribution in [0.4, 0.5) is 10.1 Å². The number of thiazole rings is 1. The Balaban J connectivity index is 1.40. The summed E-state index contributed by atoms with van der Waals surface area (Å²) in [4.78, 5) is 30.7. The predicted molar refractivity (Wildman–Crippen MR) is 103 cm³/mol. The van der Waals surface area contributed by atoms with E-state index in [2.05, 4.69) is 10.3 Å². The van der Waals surface area contributed by atoms with Crippen LogP contribution in [0.5, 0.6) is 0 Å². The van der Waals surface area contributed by atoms with Gasteiger partial charge in [-0.2, -0.15) is 0 Å². The Morgan fingerprint density at radius 1 is 1.33 bits per heavy atom. The number of amides is 2. The monoisotopic (exact) mass is 383 g/mol. The fraction of sp³-hybridized carbons (Fsp3) is 0.250. The van der Waals surface area contributed by atoms with E-state index in [0.717, 1.165) is 15.2 Å². The molecule has 4 rings (SSSR count). The lowest BCUT2D eigenvalue weighted by atomic mass is 10.1. The van der Waals surface area contributed by atoms with Crippen LogP contribution in [-0.4, -0.2) is 23.3 Å². The summed E-state index contributed by atoms with van der Waals surface area (Å²) in [5.41, 5.74) is 1.93. The van der Waals surface area contributed by atoms with Crippen LogP contribution in [0.3, 0.4) is 0 Å². The first-order valence-corrected chi connectivity index (χ1v) is 9.51. The second-order valence-electron chi connectivity index (χ2n) is 6.63. The molecule has 1 atom stereocenters.